The van der Waals surface area contributed by atoms with Gasteiger partial charge in [-0.05, 0) is 86.2 Å². The second-order valence-electron chi connectivity index (χ2n) is 10.1. The molecule has 0 aromatic heterocycles. The maximum absolute atomic E-state index is 11.1. The molecule has 0 fully saturated rings. The van der Waals surface area contributed by atoms with Gasteiger partial charge < -0.3 is 31.5 Å². The number of nitrogens with one attached hydrogen (secondary N) is 3. The molecular weight excluding hydrogens is 568 g/mol. The van der Waals surface area contributed by atoms with Crippen molar-refractivity contribution >= 4 is 41.7 Å². The van der Waals surface area contributed by atoms with Crippen molar-refractivity contribution in [2.24, 2.45) is 5.92 Å². The highest BCUT2D eigenvalue weighted by atomic mass is 35.5. The van der Waals surface area contributed by atoms with Gasteiger partial charge in [0.05, 0.1) is 20.3 Å². The van der Waals surface area contributed by atoms with Gasteiger partial charge in [-0.1, -0.05) is 68.4 Å². The normalized spacial score (nSPS) is 10.9. The second-order valence-corrected chi connectivity index (χ2v) is 11.0. The Kier molecular flexibility index (Phi) is 18.9. The van der Waals surface area contributed by atoms with Crippen LogP contribution in [0, 0.1) is 12.8 Å². The van der Waals surface area contributed by atoms with E-state index in [-0.39, 0.29) is 19.2 Å². The molecule has 0 saturated carbocycles. The second kappa shape index (κ2) is 21.5. The Labute approximate surface area is 262 Å². The van der Waals surface area contributed by atoms with E-state index in [0.29, 0.717) is 11.6 Å². The van der Waals surface area contributed by atoms with Crippen LogP contribution in [0.25, 0.3) is 0 Å². The number of alkyl carbamates (subject to hydrolysis) is 1. The lowest BCUT2D eigenvalue weighted by molar-refractivity contribution is 0.172. The van der Waals surface area contributed by atoms with E-state index in [1.807, 2.05) is 73.7 Å². The molecule has 0 spiro atoms. The van der Waals surface area contributed by atoms with Crippen LogP contribution in [0.15, 0.2) is 90.0 Å². The van der Waals surface area contributed by atoms with Crippen LogP contribution in [-0.2, 0) is 11.2 Å². The number of thiol groups is 1. The van der Waals surface area contributed by atoms with Crippen LogP contribution < -0.4 is 21.7 Å². The number of hydrogen-bond acceptors (Lipinski definition) is 7. The molecule has 42 heavy (non-hydrogen) atoms. The SMILES string of the molecule is C=C(CNC(=O)OC)Nc1ccccc1CCC(CO)NCCC(C)C.Cc1ccccc1Cl.Nc1ccc(S)cc1. The van der Waals surface area contributed by atoms with Gasteiger partial charge in [0.15, 0.2) is 0 Å². The topological polar surface area (TPSA) is 109 Å². The smallest absolute Gasteiger partial charge is 0.407 e. The standard InChI is InChI=1S/C20H33N3O3.C7H7Cl.C6H7NS/c1-15(2)11-12-21-18(14-24)10-9-17-7-5-6-8-19(17)23-16(3)13-22-20(25)26-4;1-6-4-2-3-5-7(6)8;7-5-1-3-6(8)4-2-5/h5-8,15,18,21,23-24H,3,9-14H2,1-2,4H3,(H,22,25);2-5H,1H3;1-4,8H,7H2. The van der Waals surface area contributed by atoms with E-state index in [9.17, 15) is 9.90 Å². The third-order valence-electron chi connectivity index (χ3n) is 6.07. The highest BCUT2D eigenvalue weighted by Gasteiger charge is 2.10. The third kappa shape index (κ3) is 16.9. The molecule has 7 nitrogen and oxygen atoms in total. The van der Waals surface area contributed by atoms with Crippen LogP contribution in [-0.4, -0.2) is 44.0 Å². The van der Waals surface area contributed by atoms with Gasteiger partial charge in [0.25, 0.3) is 0 Å². The molecular formula is C33H47ClN4O3S. The minimum atomic E-state index is -0.487. The third-order valence-corrected chi connectivity index (χ3v) is 6.79. The van der Waals surface area contributed by atoms with Crippen LogP contribution in [0.2, 0.25) is 5.02 Å². The fraction of sp³-hybridized carbons (Fsp3) is 0.364. The van der Waals surface area contributed by atoms with Gasteiger partial charge in [-0.3, -0.25) is 0 Å². The van der Waals surface area contributed by atoms with Gasteiger partial charge >= 0.3 is 6.09 Å². The first-order valence-corrected chi connectivity index (χ1v) is 14.8. The zero-order valence-electron chi connectivity index (χ0n) is 25.2. The number of methoxy groups -OCH3 is 1. The molecule has 0 bridgehead atoms. The molecule has 1 amide bonds. The van der Waals surface area contributed by atoms with Crippen molar-refractivity contribution in [2.75, 3.05) is 37.9 Å². The van der Waals surface area contributed by atoms with Crippen molar-refractivity contribution in [3.63, 3.8) is 0 Å². The molecule has 0 aliphatic heterocycles. The molecule has 0 heterocycles. The van der Waals surface area contributed by atoms with E-state index in [4.69, 9.17) is 17.3 Å². The number of amides is 1. The number of aryl methyl sites for hydroxylation is 2. The van der Waals surface area contributed by atoms with Gasteiger partial charge in [-0.25, -0.2) is 4.79 Å². The van der Waals surface area contributed by atoms with Crippen molar-refractivity contribution in [2.45, 2.75) is 51.0 Å². The molecule has 3 aromatic rings. The summed E-state index contributed by atoms with van der Waals surface area (Å²) in [6.45, 7) is 11.6. The lowest BCUT2D eigenvalue weighted by atomic mass is 10.0. The van der Waals surface area contributed by atoms with E-state index in [1.165, 1.54) is 7.11 Å². The van der Waals surface area contributed by atoms with E-state index >= 15 is 0 Å². The molecule has 6 N–H and O–H groups in total. The summed E-state index contributed by atoms with van der Waals surface area (Å²) in [5, 5.41) is 19.7. The Balaban J connectivity index is 0.000000440. The molecule has 0 saturated heterocycles. The number of halogens is 1. The quantitative estimate of drug-likeness (QED) is 0.0959. The van der Waals surface area contributed by atoms with E-state index < -0.39 is 6.09 Å². The van der Waals surface area contributed by atoms with Crippen LogP contribution in [0.1, 0.15) is 37.8 Å². The summed E-state index contributed by atoms with van der Waals surface area (Å²) in [5.74, 6) is 0.649. The minimum absolute atomic E-state index is 0.0889. The molecule has 0 aliphatic rings. The number of benzene rings is 3. The van der Waals surface area contributed by atoms with Crippen molar-refractivity contribution in [1.29, 1.82) is 0 Å². The number of carbonyl (C=O) groups excluding carboxylic acids is 1. The number of aliphatic hydroxyl groups excluding tert-OH is 1. The Bertz CT molecular complexity index is 1150. The van der Waals surface area contributed by atoms with Crippen LogP contribution in [0.3, 0.4) is 0 Å². The molecule has 0 aliphatic carbocycles. The number of aliphatic hydroxyl groups is 1. The van der Waals surface area contributed by atoms with E-state index in [0.717, 1.165) is 58.2 Å². The maximum atomic E-state index is 11.1. The van der Waals surface area contributed by atoms with Gasteiger partial charge in [0, 0.05) is 33.0 Å². The molecule has 230 valence electrons. The highest BCUT2D eigenvalue weighted by Crippen LogP contribution is 2.19. The summed E-state index contributed by atoms with van der Waals surface area (Å²) in [6, 6.07) is 23.2. The summed E-state index contributed by atoms with van der Waals surface area (Å²) in [4.78, 5) is 12.1. The van der Waals surface area contributed by atoms with Crippen molar-refractivity contribution in [3.05, 3.63) is 101 Å². The minimum Gasteiger partial charge on any atom is -0.453 e. The molecule has 3 aromatic carbocycles. The zero-order valence-corrected chi connectivity index (χ0v) is 26.8. The molecule has 1 unspecified atom stereocenters. The van der Waals surface area contributed by atoms with Gasteiger partial charge in [-0.15, -0.1) is 12.6 Å². The largest absolute Gasteiger partial charge is 0.453 e. The molecule has 9 heteroatoms. The van der Waals surface area contributed by atoms with Gasteiger partial charge in [0.1, 0.15) is 0 Å². The number of anilines is 2. The lowest BCUT2D eigenvalue weighted by Gasteiger charge is -2.19. The number of rotatable bonds is 12. The number of hydrogen-bond donors (Lipinski definition) is 6. The Hall–Kier alpha value is -3.17. The van der Waals surface area contributed by atoms with E-state index in [2.05, 4.69) is 59.8 Å². The highest BCUT2D eigenvalue weighted by molar-refractivity contribution is 7.80. The molecule has 3 rings (SSSR count). The average molecular weight is 615 g/mol. The first kappa shape index (κ1) is 36.9. The fourth-order valence-corrected chi connectivity index (χ4v) is 3.82. The summed E-state index contributed by atoms with van der Waals surface area (Å²) in [5.41, 5.74) is 10.1. The Morgan fingerprint density at radius 3 is 2.24 bits per heavy atom. The van der Waals surface area contributed by atoms with E-state index in [1.54, 1.807) is 0 Å². The zero-order chi connectivity index (χ0) is 31.3. The Morgan fingerprint density at radius 2 is 1.69 bits per heavy atom. The number of para-hydroxylation sites is 1. The first-order chi connectivity index (χ1) is 20.0. The maximum Gasteiger partial charge on any atom is 0.407 e. The fourth-order valence-electron chi connectivity index (χ4n) is 3.54. The number of ether oxygens (including phenoxy) is 1. The van der Waals surface area contributed by atoms with Gasteiger partial charge in [-0.2, -0.15) is 0 Å². The number of nitrogen functional groups attached to an aromatic ring is 1. The molecule has 1 atom stereocenters. The predicted octanol–water partition coefficient (Wildman–Crippen LogP) is 7.10. The van der Waals surface area contributed by atoms with Crippen LogP contribution in [0.5, 0.6) is 0 Å². The summed E-state index contributed by atoms with van der Waals surface area (Å²) < 4.78 is 4.55. The summed E-state index contributed by atoms with van der Waals surface area (Å²) in [7, 11) is 1.33. The lowest BCUT2D eigenvalue weighted by Crippen LogP contribution is -2.34. The monoisotopic (exact) mass is 614 g/mol. The molecule has 0 radical (unpaired) electrons. The van der Waals surface area contributed by atoms with Crippen LogP contribution in [0.4, 0.5) is 16.2 Å². The summed E-state index contributed by atoms with van der Waals surface area (Å²) >= 11 is 9.78. The van der Waals surface area contributed by atoms with Crippen LogP contribution >= 0.6 is 24.2 Å². The van der Waals surface area contributed by atoms with Crippen molar-refractivity contribution < 1.29 is 14.6 Å². The first-order valence-electron chi connectivity index (χ1n) is 14.0. The number of nitrogens with two attached hydrogens (primary N) is 1. The average Bonchev–Trinajstić information content (AvgIpc) is 2.98. The van der Waals surface area contributed by atoms with Crippen molar-refractivity contribution in [3.8, 4) is 0 Å². The van der Waals surface area contributed by atoms with Crippen molar-refractivity contribution in [1.82, 2.24) is 10.6 Å². The number of carbonyl (C=O) groups is 1. The Morgan fingerprint density at radius 1 is 1.05 bits per heavy atom. The van der Waals surface area contributed by atoms with Gasteiger partial charge in [0.2, 0.25) is 0 Å². The predicted molar refractivity (Wildman–Crippen MR) is 181 cm³/mol. The summed E-state index contributed by atoms with van der Waals surface area (Å²) in [6.07, 6.45) is 2.29.